The number of allylic oxidation sites excluding steroid dienone is 3. The fraction of sp³-hybridized carbons (Fsp3) is 0.741. The molecule has 10 heteroatoms. The van der Waals surface area contributed by atoms with Gasteiger partial charge in [-0.2, -0.15) is 0 Å². The second-order valence-corrected chi connectivity index (χ2v) is 17.3. The molecule has 10 rings (SSSR count). The van der Waals surface area contributed by atoms with E-state index in [0.29, 0.717) is 23.7 Å². The van der Waals surface area contributed by atoms with Crippen LogP contribution in [0, 0.1) is 47.3 Å². The second kappa shape index (κ2) is 7.03. The van der Waals surface area contributed by atoms with Gasteiger partial charge < -0.3 is 14.6 Å². The molecule has 0 atom stereocenters. The minimum atomic E-state index is -4.06. The van der Waals surface area contributed by atoms with Crippen LogP contribution >= 0.6 is 0 Å². The van der Waals surface area contributed by atoms with Crippen LogP contribution in [0.3, 0.4) is 0 Å². The molecule has 9 fully saturated rings. The Bertz CT molecular complexity index is 1360. The Balaban J connectivity index is 1.12. The van der Waals surface area contributed by atoms with Gasteiger partial charge in [-0.3, -0.25) is 0 Å². The topological polar surface area (TPSA) is 124 Å². The molecule has 0 unspecified atom stereocenters. The van der Waals surface area contributed by atoms with E-state index in [2.05, 4.69) is 0 Å². The van der Waals surface area contributed by atoms with Crippen molar-refractivity contribution in [3.05, 3.63) is 34.0 Å². The fourth-order valence-corrected chi connectivity index (χ4v) is 15.1. The summed E-state index contributed by atoms with van der Waals surface area (Å²) in [7, 11) is -8.08. The Hall–Kier alpha value is -1.81. The van der Waals surface area contributed by atoms with Crippen LogP contribution in [-0.2, 0) is 33.9 Å². The van der Waals surface area contributed by atoms with Gasteiger partial charge in [-0.15, -0.1) is 0 Å². The van der Waals surface area contributed by atoms with Crippen LogP contribution in [-0.4, -0.2) is 37.8 Å². The second-order valence-electron chi connectivity index (χ2n) is 13.1. The molecule has 2 heterocycles. The number of hydrogen-bond donors (Lipinski definition) is 1. The van der Waals surface area contributed by atoms with Gasteiger partial charge in [0, 0.05) is 23.7 Å². The van der Waals surface area contributed by atoms with Crippen molar-refractivity contribution < 1.29 is 36.2 Å². The summed E-state index contributed by atoms with van der Waals surface area (Å²) in [6.45, 7) is 0. The van der Waals surface area contributed by atoms with Gasteiger partial charge in [0.1, 0.15) is 0 Å². The van der Waals surface area contributed by atoms with Gasteiger partial charge >= 0.3 is 5.97 Å². The van der Waals surface area contributed by atoms with Crippen molar-refractivity contribution in [3.8, 4) is 0 Å². The normalized spacial score (nSPS) is 52.8. The lowest BCUT2D eigenvalue weighted by molar-refractivity contribution is -0.172. The van der Waals surface area contributed by atoms with E-state index in [4.69, 9.17) is 9.47 Å². The van der Waals surface area contributed by atoms with Crippen molar-refractivity contribution >= 4 is 25.6 Å². The summed E-state index contributed by atoms with van der Waals surface area (Å²) in [4.78, 5) is 9.25. The Morgan fingerprint density at radius 1 is 0.676 bits per heavy atom. The van der Waals surface area contributed by atoms with Crippen LogP contribution in [0.4, 0.5) is 0 Å². The highest BCUT2D eigenvalue weighted by Crippen LogP contribution is 2.65. The molecule has 8 nitrogen and oxygen atoms in total. The SMILES string of the molecule is O=C1OC2(C3CC4CC(C3)CC2C4)S(=O)(=O)/C1=C/C=C/C1=C(O)OC2(C3CC4CC(C3)CC2C4)S1(=O)=O. The lowest BCUT2D eigenvalue weighted by atomic mass is 9.54. The van der Waals surface area contributed by atoms with E-state index in [9.17, 15) is 26.7 Å². The molecule has 2 aliphatic heterocycles. The third-order valence-electron chi connectivity index (χ3n) is 11.4. The summed E-state index contributed by atoms with van der Waals surface area (Å²) >= 11 is 0. The van der Waals surface area contributed by atoms with Crippen LogP contribution in [0.1, 0.15) is 64.2 Å². The summed E-state index contributed by atoms with van der Waals surface area (Å²) in [6.07, 6.45) is 12.1. The van der Waals surface area contributed by atoms with E-state index in [0.717, 1.165) is 70.3 Å². The molecular formula is C27H32O8S2. The predicted molar refractivity (Wildman–Crippen MR) is 131 cm³/mol. The fourth-order valence-electron chi connectivity index (χ4n) is 10.5. The van der Waals surface area contributed by atoms with E-state index >= 15 is 0 Å². The van der Waals surface area contributed by atoms with Gasteiger partial charge in [0.15, 0.2) is 9.81 Å². The summed E-state index contributed by atoms with van der Waals surface area (Å²) in [5.41, 5.74) is 0. The molecule has 0 aromatic heterocycles. The van der Waals surface area contributed by atoms with Crippen LogP contribution in [0.25, 0.3) is 0 Å². The first-order valence-electron chi connectivity index (χ1n) is 13.8. The van der Waals surface area contributed by atoms with Crippen LogP contribution in [0.15, 0.2) is 34.0 Å². The molecule has 1 saturated heterocycles. The third kappa shape index (κ3) is 2.62. The van der Waals surface area contributed by atoms with Gasteiger partial charge in [-0.1, -0.05) is 6.08 Å². The quantitative estimate of drug-likeness (QED) is 0.407. The molecule has 37 heavy (non-hydrogen) atoms. The van der Waals surface area contributed by atoms with Crippen molar-refractivity contribution in [1.82, 2.24) is 0 Å². The summed E-state index contributed by atoms with van der Waals surface area (Å²) in [5.74, 6) is -0.0904. The van der Waals surface area contributed by atoms with Gasteiger partial charge in [-0.25, -0.2) is 21.6 Å². The Labute approximate surface area is 217 Å². The zero-order chi connectivity index (χ0) is 25.5. The summed E-state index contributed by atoms with van der Waals surface area (Å²) in [6, 6.07) is 0. The lowest BCUT2D eigenvalue weighted by Crippen LogP contribution is -2.61. The number of aliphatic hydroxyl groups excluding tert-OH is 1. The molecule has 0 amide bonds. The number of rotatable bonds is 2. The molecule has 0 aromatic rings. The average Bonchev–Trinajstić information content (AvgIpc) is 3.14. The van der Waals surface area contributed by atoms with Gasteiger partial charge in [0.25, 0.3) is 5.95 Å². The number of esters is 1. The minimum absolute atomic E-state index is 0.151. The number of hydrogen-bond acceptors (Lipinski definition) is 8. The smallest absolute Gasteiger partial charge is 0.351 e. The number of sulfone groups is 2. The Kier molecular flexibility index (Phi) is 4.39. The third-order valence-corrected chi connectivity index (χ3v) is 16.3. The minimum Gasteiger partial charge on any atom is -0.480 e. The number of aliphatic hydroxyl groups is 1. The Morgan fingerprint density at radius 3 is 1.57 bits per heavy atom. The first kappa shape index (κ1) is 23.1. The monoisotopic (exact) mass is 548 g/mol. The zero-order valence-corrected chi connectivity index (χ0v) is 22.2. The maximum absolute atomic E-state index is 13.8. The highest BCUT2D eigenvalue weighted by atomic mass is 32.2. The maximum Gasteiger partial charge on any atom is 0.351 e. The van der Waals surface area contributed by atoms with Gasteiger partial charge in [0.05, 0.1) is 0 Å². The van der Waals surface area contributed by atoms with E-state index in [-0.39, 0.29) is 28.6 Å². The van der Waals surface area contributed by atoms with Gasteiger partial charge in [-0.05, 0) is 100 Å². The first-order valence-corrected chi connectivity index (χ1v) is 16.8. The highest BCUT2D eigenvalue weighted by Gasteiger charge is 2.71. The van der Waals surface area contributed by atoms with E-state index in [1.807, 2.05) is 0 Å². The van der Waals surface area contributed by atoms with Crippen molar-refractivity contribution in [3.63, 3.8) is 0 Å². The molecule has 1 N–H and O–H groups in total. The van der Waals surface area contributed by atoms with Crippen molar-refractivity contribution in [2.45, 2.75) is 74.1 Å². The van der Waals surface area contributed by atoms with Crippen molar-refractivity contribution in [2.75, 3.05) is 0 Å². The predicted octanol–water partition coefficient (Wildman–Crippen LogP) is 3.88. The molecule has 200 valence electrons. The number of carbonyl (C=O) groups is 1. The maximum atomic E-state index is 13.8. The lowest BCUT2D eigenvalue weighted by Gasteiger charge is -2.57. The van der Waals surface area contributed by atoms with Gasteiger partial charge in [0.2, 0.25) is 29.5 Å². The molecule has 2 spiro atoms. The number of ether oxygens (including phenoxy) is 2. The molecule has 10 aliphatic rings. The molecular weight excluding hydrogens is 516 g/mol. The highest BCUT2D eigenvalue weighted by molar-refractivity contribution is 7.98. The molecule has 8 saturated carbocycles. The first-order chi connectivity index (χ1) is 17.6. The van der Waals surface area contributed by atoms with Crippen LogP contribution < -0.4 is 0 Å². The largest absolute Gasteiger partial charge is 0.480 e. The number of carbonyl (C=O) groups excluding carboxylic acids is 1. The van der Waals surface area contributed by atoms with E-state index < -0.39 is 46.4 Å². The molecule has 0 aromatic carbocycles. The molecule has 8 aliphatic carbocycles. The van der Waals surface area contributed by atoms with Crippen molar-refractivity contribution in [2.24, 2.45) is 47.3 Å². The molecule has 0 radical (unpaired) electrons. The zero-order valence-electron chi connectivity index (χ0n) is 20.5. The van der Waals surface area contributed by atoms with E-state index in [1.165, 1.54) is 12.2 Å². The molecule has 8 bridgehead atoms. The average molecular weight is 549 g/mol. The van der Waals surface area contributed by atoms with Crippen molar-refractivity contribution in [1.29, 1.82) is 0 Å². The van der Waals surface area contributed by atoms with Crippen LogP contribution in [0.2, 0.25) is 0 Å². The summed E-state index contributed by atoms with van der Waals surface area (Å²) < 4.78 is 66.8. The Morgan fingerprint density at radius 2 is 1.11 bits per heavy atom. The van der Waals surface area contributed by atoms with E-state index in [1.54, 1.807) is 0 Å². The van der Waals surface area contributed by atoms with Crippen LogP contribution in [0.5, 0.6) is 0 Å². The standard InChI is InChI=1S/C27H32O8S2/c28-24-22(36(30,31)26(34-24)18-6-14-4-15(8-18)9-19(26)7-14)2-1-3-23-25(29)35-27(37(23,32)33)20-10-16-5-17(12-20)13-21(27)11-16/h1-3,14-21,28H,4-13H2/b2-1+,23-3+. The summed E-state index contributed by atoms with van der Waals surface area (Å²) in [5, 5.41) is 10.7.